The largest absolute Gasteiger partial charge is 0.467 e. The van der Waals surface area contributed by atoms with Crippen LogP contribution in [0, 0.1) is 0 Å². The molecule has 0 aliphatic heterocycles. The van der Waals surface area contributed by atoms with Crippen molar-refractivity contribution >= 4 is 0 Å². The highest BCUT2D eigenvalue weighted by atomic mass is 16.4. The van der Waals surface area contributed by atoms with Crippen LogP contribution in [-0.4, -0.2) is 17.7 Å². The lowest BCUT2D eigenvalue weighted by Crippen LogP contribution is -2.30. The Morgan fingerprint density at radius 3 is 2.63 bits per heavy atom. The van der Waals surface area contributed by atoms with Gasteiger partial charge in [-0.1, -0.05) is 30.3 Å². The molecule has 1 aromatic heterocycles. The molecule has 0 spiro atoms. The highest BCUT2D eigenvalue weighted by Gasteiger charge is 2.11. The number of aliphatic hydroxyl groups excluding tert-OH is 1. The number of aliphatic hydroxyl groups is 1. The van der Waals surface area contributed by atoms with Crippen LogP contribution < -0.4 is 5.32 Å². The van der Waals surface area contributed by atoms with Crippen molar-refractivity contribution in [2.45, 2.75) is 31.9 Å². The summed E-state index contributed by atoms with van der Waals surface area (Å²) in [5.41, 5.74) is 1.35. The van der Waals surface area contributed by atoms with Gasteiger partial charge in [-0.05, 0) is 37.5 Å². The number of hydrogen-bond donors (Lipinski definition) is 2. The van der Waals surface area contributed by atoms with E-state index in [4.69, 9.17) is 4.42 Å². The van der Waals surface area contributed by atoms with E-state index in [2.05, 4.69) is 36.5 Å². The minimum Gasteiger partial charge on any atom is -0.467 e. The molecular weight excluding hydrogens is 238 g/mol. The molecule has 2 N–H and O–H groups in total. The Labute approximate surface area is 114 Å². The number of benzene rings is 1. The third-order valence-electron chi connectivity index (χ3n) is 3.24. The fourth-order valence-electron chi connectivity index (χ4n) is 2.02. The zero-order chi connectivity index (χ0) is 13.5. The van der Waals surface area contributed by atoms with Crippen LogP contribution in [0.15, 0.2) is 53.1 Å². The van der Waals surface area contributed by atoms with Crippen molar-refractivity contribution in [3.63, 3.8) is 0 Å². The summed E-state index contributed by atoms with van der Waals surface area (Å²) >= 11 is 0. The smallest absolute Gasteiger partial charge is 0.133 e. The first kappa shape index (κ1) is 13.8. The normalized spacial score (nSPS) is 14.2. The molecule has 2 aromatic rings. The van der Waals surface area contributed by atoms with E-state index in [1.165, 1.54) is 5.56 Å². The van der Waals surface area contributed by atoms with Crippen LogP contribution in [0.2, 0.25) is 0 Å². The zero-order valence-corrected chi connectivity index (χ0v) is 11.3. The quantitative estimate of drug-likeness (QED) is 0.803. The van der Waals surface area contributed by atoms with Crippen LogP contribution >= 0.6 is 0 Å². The predicted octanol–water partition coefficient (Wildman–Crippen LogP) is 2.92. The molecule has 0 bridgehead atoms. The molecule has 0 aliphatic rings. The molecule has 3 heteroatoms. The standard InChI is InChI=1S/C16H21NO2/c1-13(9-10-14-6-3-2-4-7-14)17-12-15(18)16-8-5-11-19-16/h2-8,11,13,15,17-18H,9-10,12H2,1H3. The third kappa shape index (κ3) is 4.54. The van der Waals surface area contributed by atoms with E-state index in [1.54, 1.807) is 18.4 Å². The zero-order valence-electron chi connectivity index (χ0n) is 11.3. The van der Waals surface area contributed by atoms with Gasteiger partial charge < -0.3 is 14.8 Å². The Morgan fingerprint density at radius 1 is 1.16 bits per heavy atom. The topological polar surface area (TPSA) is 45.4 Å². The van der Waals surface area contributed by atoms with E-state index in [1.807, 2.05) is 6.07 Å². The van der Waals surface area contributed by atoms with E-state index in [0.29, 0.717) is 18.3 Å². The maximum Gasteiger partial charge on any atom is 0.133 e. The van der Waals surface area contributed by atoms with Crippen LogP contribution in [0.5, 0.6) is 0 Å². The first-order chi connectivity index (χ1) is 9.25. The second-order valence-electron chi connectivity index (χ2n) is 4.86. The van der Waals surface area contributed by atoms with Crippen molar-refractivity contribution in [2.75, 3.05) is 6.54 Å². The van der Waals surface area contributed by atoms with Crippen LogP contribution in [0.25, 0.3) is 0 Å². The van der Waals surface area contributed by atoms with Gasteiger partial charge in [0.2, 0.25) is 0 Å². The minimum absolute atomic E-state index is 0.366. The Hall–Kier alpha value is -1.58. The summed E-state index contributed by atoms with van der Waals surface area (Å²) < 4.78 is 5.17. The second kappa shape index (κ2) is 7.12. The number of rotatable bonds is 7. The molecule has 0 fully saturated rings. The molecule has 2 unspecified atom stereocenters. The van der Waals surface area contributed by atoms with Crippen LogP contribution in [0.1, 0.15) is 30.8 Å². The molecule has 1 aromatic carbocycles. The molecule has 1 heterocycles. The molecule has 0 aliphatic carbocycles. The van der Waals surface area contributed by atoms with Gasteiger partial charge in [0.25, 0.3) is 0 Å². The number of hydrogen-bond acceptors (Lipinski definition) is 3. The van der Waals surface area contributed by atoms with Crippen molar-refractivity contribution in [2.24, 2.45) is 0 Å². The van der Waals surface area contributed by atoms with Crippen molar-refractivity contribution in [3.8, 4) is 0 Å². The molecule has 2 atom stereocenters. The SMILES string of the molecule is CC(CCc1ccccc1)NCC(O)c1ccco1. The summed E-state index contributed by atoms with van der Waals surface area (Å²) in [6.07, 6.45) is 3.10. The summed E-state index contributed by atoms with van der Waals surface area (Å²) in [6.45, 7) is 2.65. The first-order valence-electron chi connectivity index (χ1n) is 6.74. The molecule has 0 saturated carbocycles. The van der Waals surface area contributed by atoms with Crippen LogP contribution in [0.4, 0.5) is 0 Å². The van der Waals surface area contributed by atoms with Crippen molar-refractivity contribution in [1.82, 2.24) is 5.32 Å². The molecule has 2 rings (SSSR count). The Morgan fingerprint density at radius 2 is 1.95 bits per heavy atom. The number of furan rings is 1. The summed E-state index contributed by atoms with van der Waals surface area (Å²) in [4.78, 5) is 0. The Bertz CT molecular complexity index is 453. The molecule has 3 nitrogen and oxygen atoms in total. The van der Waals surface area contributed by atoms with E-state index < -0.39 is 6.10 Å². The Balaban J connectivity index is 1.69. The van der Waals surface area contributed by atoms with Gasteiger partial charge in [0.1, 0.15) is 11.9 Å². The summed E-state index contributed by atoms with van der Waals surface area (Å²) in [5.74, 6) is 0.614. The molecule has 102 valence electrons. The van der Waals surface area contributed by atoms with Gasteiger partial charge in [0.05, 0.1) is 6.26 Å². The first-order valence-corrected chi connectivity index (χ1v) is 6.74. The number of aryl methyl sites for hydroxylation is 1. The fourth-order valence-corrected chi connectivity index (χ4v) is 2.02. The van der Waals surface area contributed by atoms with Crippen LogP contribution in [-0.2, 0) is 6.42 Å². The average molecular weight is 259 g/mol. The highest BCUT2D eigenvalue weighted by molar-refractivity contribution is 5.14. The molecular formula is C16H21NO2. The molecule has 0 saturated heterocycles. The average Bonchev–Trinajstić information content (AvgIpc) is 2.98. The molecule has 19 heavy (non-hydrogen) atoms. The highest BCUT2D eigenvalue weighted by Crippen LogP contribution is 2.12. The van der Waals surface area contributed by atoms with Gasteiger partial charge in [-0.25, -0.2) is 0 Å². The lowest BCUT2D eigenvalue weighted by Gasteiger charge is -2.16. The maximum absolute atomic E-state index is 9.89. The van der Waals surface area contributed by atoms with Gasteiger partial charge >= 0.3 is 0 Å². The van der Waals surface area contributed by atoms with Crippen molar-refractivity contribution < 1.29 is 9.52 Å². The molecule has 0 radical (unpaired) electrons. The Kier molecular flexibility index (Phi) is 5.19. The van der Waals surface area contributed by atoms with Crippen molar-refractivity contribution in [3.05, 3.63) is 60.1 Å². The predicted molar refractivity (Wildman–Crippen MR) is 75.9 cm³/mol. The molecule has 0 amide bonds. The lowest BCUT2D eigenvalue weighted by molar-refractivity contribution is 0.143. The number of nitrogens with one attached hydrogen (secondary N) is 1. The second-order valence-corrected chi connectivity index (χ2v) is 4.86. The summed E-state index contributed by atoms with van der Waals surface area (Å²) in [6, 6.07) is 14.4. The van der Waals surface area contributed by atoms with E-state index in [0.717, 1.165) is 12.8 Å². The monoisotopic (exact) mass is 259 g/mol. The van der Waals surface area contributed by atoms with Gasteiger partial charge in [-0.2, -0.15) is 0 Å². The van der Waals surface area contributed by atoms with E-state index in [-0.39, 0.29) is 0 Å². The van der Waals surface area contributed by atoms with E-state index >= 15 is 0 Å². The van der Waals surface area contributed by atoms with Gasteiger partial charge in [0, 0.05) is 12.6 Å². The van der Waals surface area contributed by atoms with Crippen molar-refractivity contribution in [1.29, 1.82) is 0 Å². The minimum atomic E-state index is -0.575. The van der Waals surface area contributed by atoms with E-state index in [9.17, 15) is 5.11 Å². The maximum atomic E-state index is 9.89. The van der Waals surface area contributed by atoms with Crippen LogP contribution in [0.3, 0.4) is 0 Å². The lowest BCUT2D eigenvalue weighted by atomic mass is 10.1. The summed E-state index contributed by atoms with van der Waals surface area (Å²) in [7, 11) is 0. The third-order valence-corrected chi connectivity index (χ3v) is 3.24. The summed E-state index contributed by atoms with van der Waals surface area (Å²) in [5, 5.41) is 13.2. The van der Waals surface area contributed by atoms with Gasteiger partial charge in [0.15, 0.2) is 0 Å². The fraction of sp³-hybridized carbons (Fsp3) is 0.375. The van der Waals surface area contributed by atoms with Gasteiger partial charge in [-0.3, -0.25) is 0 Å². The van der Waals surface area contributed by atoms with Gasteiger partial charge in [-0.15, -0.1) is 0 Å².